The van der Waals surface area contributed by atoms with Crippen LogP contribution in [0.15, 0.2) is 27.8 Å². The molecule has 2 aliphatic heterocycles. The smallest absolute Gasteiger partial charge is 0.220 e. The standard InChI is InChI=1S/C20H30N4O2.HI/c25-18-13-20(14-22-18)9-4-11-24(15-20)19(23-16-5-1-2-6-16)21-10-8-17-7-3-12-26-17;/h3,7,12,16H,1-2,4-6,8-11,13-15H2,(H,21,23)(H,22,25);1H. The van der Waals surface area contributed by atoms with E-state index in [1.807, 2.05) is 12.1 Å². The first kappa shape index (κ1) is 20.5. The number of guanidine groups is 1. The Bertz CT molecular complexity index is 642. The van der Waals surface area contributed by atoms with Crippen LogP contribution in [0.5, 0.6) is 0 Å². The summed E-state index contributed by atoms with van der Waals surface area (Å²) in [4.78, 5) is 19.1. The van der Waals surface area contributed by atoms with Crippen LogP contribution in [0.2, 0.25) is 0 Å². The molecule has 1 unspecified atom stereocenters. The molecule has 1 amide bonds. The lowest BCUT2D eigenvalue weighted by Gasteiger charge is -2.41. The summed E-state index contributed by atoms with van der Waals surface area (Å²) in [5, 5.41) is 6.76. The van der Waals surface area contributed by atoms with Gasteiger partial charge in [-0.25, -0.2) is 0 Å². The zero-order chi connectivity index (χ0) is 17.8. The second kappa shape index (κ2) is 9.30. The minimum absolute atomic E-state index is 0. The molecular formula is C20H31IN4O2. The minimum Gasteiger partial charge on any atom is -0.469 e. The summed E-state index contributed by atoms with van der Waals surface area (Å²) in [5.41, 5.74) is 0.0917. The van der Waals surface area contributed by atoms with Gasteiger partial charge in [0.15, 0.2) is 5.96 Å². The Hall–Kier alpha value is -1.25. The molecule has 1 spiro atoms. The minimum atomic E-state index is 0. The number of hydrogen-bond donors (Lipinski definition) is 2. The van der Waals surface area contributed by atoms with Gasteiger partial charge in [0, 0.05) is 50.5 Å². The average molecular weight is 486 g/mol. The first-order valence-corrected chi connectivity index (χ1v) is 10.1. The van der Waals surface area contributed by atoms with Crippen molar-refractivity contribution in [2.75, 3.05) is 26.2 Å². The number of hydrogen-bond acceptors (Lipinski definition) is 3. The van der Waals surface area contributed by atoms with Gasteiger partial charge in [-0.1, -0.05) is 12.8 Å². The molecule has 0 radical (unpaired) electrons. The van der Waals surface area contributed by atoms with Gasteiger partial charge in [-0.15, -0.1) is 24.0 Å². The molecule has 1 atom stereocenters. The zero-order valence-electron chi connectivity index (χ0n) is 15.9. The highest BCUT2D eigenvalue weighted by Crippen LogP contribution is 2.36. The second-order valence-electron chi connectivity index (χ2n) is 8.14. The molecule has 3 heterocycles. The second-order valence-corrected chi connectivity index (χ2v) is 8.14. The molecule has 1 aliphatic carbocycles. The van der Waals surface area contributed by atoms with Gasteiger partial charge in [-0.2, -0.15) is 0 Å². The third-order valence-electron chi connectivity index (χ3n) is 6.05. The number of carbonyl (C=O) groups is 1. The fourth-order valence-electron chi connectivity index (χ4n) is 4.65. The van der Waals surface area contributed by atoms with E-state index in [9.17, 15) is 4.79 Å². The summed E-state index contributed by atoms with van der Waals surface area (Å²) < 4.78 is 5.43. The number of aliphatic imine (C=N–C) groups is 1. The number of nitrogens with zero attached hydrogens (tertiary/aromatic N) is 2. The number of nitrogens with one attached hydrogen (secondary N) is 2. The molecule has 4 rings (SSSR count). The van der Waals surface area contributed by atoms with Crippen molar-refractivity contribution in [1.29, 1.82) is 0 Å². The molecule has 3 fully saturated rings. The topological polar surface area (TPSA) is 69.9 Å². The van der Waals surface area contributed by atoms with Gasteiger partial charge in [0.2, 0.25) is 5.91 Å². The lowest BCUT2D eigenvalue weighted by atomic mass is 9.79. The third kappa shape index (κ3) is 5.18. The molecule has 0 aromatic carbocycles. The first-order valence-electron chi connectivity index (χ1n) is 10.1. The highest BCUT2D eigenvalue weighted by Gasteiger charge is 2.42. The average Bonchev–Trinajstić information content (AvgIpc) is 3.38. The molecule has 1 saturated carbocycles. The number of carbonyl (C=O) groups excluding carboxylic acids is 1. The van der Waals surface area contributed by atoms with Crippen molar-refractivity contribution in [3.05, 3.63) is 24.2 Å². The number of rotatable bonds is 4. The fourth-order valence-corrected chi connectivity index (χ4v) is 4.65. The monoisotopic (exact) mass is 486 g/mol. The Balaban J connectivity index is 0.00000210. The summed E-state index contributed by atoms with van der Waals surface area (Å²) in [6.07, 6.45) is 10.5. The van der Waals surface area contributed by atoms with Gasteiger partial charge < -0.3 is 20.0 Å². The molecule has 2 N–H and O–H groups in total. The maximum Gasteiger partial charge on any atom is 0.220 e. The van der Waals surface area contributed by atoms with Gasteiger partial charge in [-0.3, -0.25) is 9.79 Å². The number of piperidine rings is 1. The summed E-state index contributed by atoms with van der Waals surface area (Å²) >= 11 is 0. The van der Waals surface area contributed by atoms with E-state index in [-0.39, 0.29) is 35.3 Å². The van der Waals surface area contributed by atoms with Gasteiger partial charge in [0.1, 0.15) is 5.76 Å². The van der Waals surface area contributed by atoms with Gasteiger partial charge in [0.05, 0.1) is 6.26 Å². The molecule has 0 bridgehead atoms. The van der Waals surface area contributed by atoms with Crippen molar-refractivity contribution in [2.45, 2.75) is 57.4 Å². The molecule has 7 heteroatoms. The van der Waals surface area contributed by atoms with Crippen LogP contribution in [-0.2, 0) is 11.2 Å². The van der Waals surface area contributed by atoms with Crippen LogP contribution in [-0.4, -0.2) is 49.0 Å². The van der Waals surface area contributed by atoms with Gasteiger partial charge in [-0.05, 0) is 37.8 Å². The van der Waals surface area contributed by atoms with E-state index in [2.05, 4.69) is 15.5 Å². The molecule has 3 aliphatic rings. The Morgan fingerprint density at radius 3 is 2.93 bits per heavy atom. The molecular weight excluding hydrogens is 455 g/mol. The number of likely N-dealkylation sites (tertiary alicyclic amines) is 1. The van der Waals surface area contributed by atoms with Crippen LogP contribution in [0.4, 0.5) is 0 Å². The van der Waals surface area contributed by atoms with Crippen LogP contribution in [0, 0.1) is 5.41 Å². The number of furan rings is 1. The SMILES string of the molecule is I.O=C1CC2(CCCN(C(=NCCc3ccco3)NC3CCCC3)C2)CN1. The lowest BCUT2D eigenvalue weighted by molar-refractivity contribution is -0.119. The van der Waals surface area contributed by atoms with Crippen LogP contribution in [0.1, 0.15) is 50.7 Å². The van der Waals surface area contributed by atoms with Crippen molar-refractivity contribution in [3.63, 3.8) is 0 Å². The van der Waals surface area contributed by atoms with E-state index in [1.54, 1.807) is 6.26 Å². The van der Waals surface area contributed by atoms with Crippen molar-refractivity contribution in [1.82, 2.24) is 15.5 Å². The Kier molecular flexibility index (Phi) is 7.05. The quantitative estimate of drug-likeness (QED) is 0.390. The molecule has 27 heavy (non-hydrogen) atoms. The maximum atomic E-state index is 11.8. The molecule has 1 aromatic heterocycles. The lowest BCUT2D eigenvalue weighted by Crippen LogP contribution is -2.53. The molecule has 6 nitrogen and oxygen atoms in total. The maximum absolute atomic E-state index is 11.8. The largest absolute Gasteiger partial charge is 0.469 e. The fraction of sp³-hybridized carbons (Fsp3) is 0.700. The van der Waals surface area contributed by atoms with E-state index in [0.717, 1.165) is 57.2 Å². The van der Waals surface area contributed by atoms with E-state index in [0.29, 0.717) is 12.5 Å². The molecule has 2 saturated heterocycles. The summed E-state index contributed by atoms with van der Waals surface area (Å²) in [7, 11) is 0. The predicted octanol–water partition coefficient (Wildman–Crippen LogP) is 2.93. The van der Waals surface area contributed by atoms with E-state index in [1.165, 1.54) is 25.7 Å². The molecule has 1 aromatic rings. The first-order chi connectivity index (χ1) is 12.7. The predicted molar refractivity (Wildman–Crippen MR) is 116 cm³/mol. The van der Waals surface area contributed by atoms with Crippen molar-refractivity contribution in [2.24, 2.45) is 10.4 Å². The van der Waals surface area contributed by atoms with Gasteiger partial charge in [0.25, 0.3) is 0 Å². The van der Waals surface area contributed by atoms with E-state index >= 15 is 0 Å². The molecule has 150 valence electrons. The summed E-state index contributed by atoms with van der Waals surface area (Å²) in [6, 6.07) is 4.47. The van der Waals surface area contributed by atoms with E-state index in [4.69, 9.17) is 9.41 Å². The summed E-state index contributed by atoms with van der Waals surface area (Å²) in [5.74, 6) is 2.21. The van der Waals surface area contributed by atoms with Crippen LogP contribution in [0.25, 0.3) is 0 Å². The summed E-state index contributed by atoms with van der Waals surface area (Å²) in [6.45, 7) is 3.48. The third-order valence-corrected chi connectivity index (χ3v) is 6.05. The normalized spacial score (nSPS) is 26.3. The van der Waals surface area contributed by atoms with Crippen LogP contribution in [0.3, 0.4) is 0 Å². The number of amides is 1. The van der Waals surface area contributed by atoms with E-state index < -0.39 is 0 Å². The van der Waals surface area contributed by atoms with Crippen molar-refractivity contribution >= 4 is 35.8 Å². The number of halogens is 1. The zero-order valence-corrected chi connectivity index (χ0v) is 18.2. The Morgan fingerprint density at radius 1 is 1.37 bits per heavy atom. The Labute approximate surface area is 178 Å². The highest BCUT2D eigenvalue weighted by atomic mass is 127. The van der Waals surface area contributed by atoms with Crippen molar-refractivity contribution in [3.8, 4) is 0 Å². The Morgan fingerprint density at radius 2 is 2.22 bits per heavy atom. The highest BCUT2D eigenvalue weighted by molar-refractivity contribution is 14.0. The van der Waals surface area contributed by atoms with Crippen molar-refractivity contribution < 1.29 is 9.21 Å². The van der Waals surface area contributed by atoms with Crippen LogP contribution < -0.4 is 10.6 Å². The van der Waals surface area contributed by atoms with Crippen LogP contribution >= 0.6 is 24.0 Å². The van der Waals surface area contributed by atoms with Gasteiger partial charge >= 0.3 is 0 Å².